The summed E-state index contributed by atoms with van der Waals surface area (Å²) in [6.07, 6.45) is -0.962. The molecule has 18 heavy (non-hydrogen) atoms. The lowest BCUT2D eigenvalue weighted by Crippen LogP contribution is -2.49. The first kappa shape index (κ1) is 12.4. The van der Waals surface area contributed by atoms with Crippen molar-refractivity contribution in [3.8, 4) is 11.5 Å². The van der Waals surface area contributed by atoms with Crippen LogP contribution in [0.15, 0.2) is 18.2 Å². The van der Waals surface area contributed by atoms with Gasteiger partial charge in [0, 0.05) is 0 Å². The van der Waals surface area contributed by atoms with Crippen molar-refractivity contribution in [2.24, 2.45) is 0 Å². The van der Waals surface area contributed by atoms with Gasteiger partial charge in [-0.05, 0) is 12.1 Å². The molecule has 2 N–H and O–H groups in total. The highest BCUT2D eigenvalue weighted by molar-refractivity contribution is 5.70. The zero-order chi connectivity index (χ0) is 13.3. The minimum atomic E-state index is -3.33. The molecule has 0 saturated carbocycles. The smallest absolute Gasteiger partial charge is 0.408 e. The summed E-state index contributed by atoms with van der Waals surface area (Å²) in [5.41, 5.74) is -0.165. The second-order valence-electron chi connectivity index (χ2n) is 3.81. The first-order chi connectivity index (χ1) is 8.45. The van der Waals surface area contributed by atoms with Crippen LogP contribution < -0.4 is 10.1 Å². The number of alkyl carbamates (subject to hydrolysis) is 1. The highest BCUT2D eigenvalue weighted by Crippen LogP contribution is 2.42. The lowest BCUT2D eigenvalue weighted by molar-refractivity contribution is -0.105. The molecule has 1 heterocycles. The Morgan fingerprint density at radius 2 is 2.28 bits per heavy atom. The van der Waals surface area contributed by atoms with Gasteiger partial charge in [0.15, 0.2) is 6.61 Å². The number of phenolic OH excluding ortho intramolecular Hbond substituents is 1. The number of amides is 1. The second kappa shape index (κ2) is 4.32. The van der Waals surface area contributed by atoms with Crippen molar-refractivity contribution >= 4 is 6.09 Å². The van der Waals surface area contributed by atoms with E-state index < -0.39 is 24.7 Å². The zero-order valence-corrected chi connectivity index (χ0v) is 9.44. The Morgan fingerprint density at radius 3 is 2.94 bits per heavy atom. The van der Waals surface area contributed by atoms with E-state index in [4.69, 9.17) is 4.74 Å². The van der Waals surface area contributed by atoms with Gasteiger partial charge in [-0.3, -0.25) is 0 Å². The molecule has 0 aromatic heterocycles. The Morgan fingerprint density at radius 1 is 1.56 bits per heavy atom. The van der Waals surface area contributed by atoms with Crippen LogP contribution in [0.1, 0.15) is 11.6 Å². The fraction of sp³-hybridized carbons (Fsp3) is 0.364. The number of phenols is 1. The molecule has 7 heteroatoms. The molecule has 1 aromatic carbocycles. The van der Waals surface area contributed by atoms with Crippen LogP contribution in [0.25, 0.3) is 0 Å². The summed E-state index contributed by atoms with van der Waals surface area (Å²) in [5, 5.41) is 11.7. The van der Waals surface area contributed by atoms with Crippen LogP contribution >= 0.6 is 0 Å². The molecule has 1 aromatic rings. The number of aromatic hydroxyl groups is 1. The Bertz CT molecular complexity index is 478. The molecule has 1 aliphatic rings. The summed E-state index contributed by atoms with van der Waals surface area (Å²) in [6.45, 7) is -1.04. The summed E-state index contributed by atoms with van der Waals surface area (Å²) >= 11 is 0. The maximum absolute atomic E-state index is 13.7. The lowest BCUT2D eigenvalue weighted by Gasteiger charge is -2.32. The first-order valence-corrected chi connectivity index (χ1v) is 5.12. The van der Waals surface area contributed by atoms with Crippen molar-refractivity contribution in [1.29, 1.82) is 0 Å². The van der Waals surface area contributed by atoms with E-state index in [0.29, 0.717) is 0 Å². The number of carbonyl (C=O) groups is 1. The lowest BCUT2D eigenvalue weighted by atomic mass is 9.98. The van der Waals surface area contributed by atoms with Gasteiger partial charge in [0.2, 0.25) is 0 Å². The number of cyclic esters (lactones) is 1. The van der Waals surface area contributed by atoms with E-state index in [1.165, 1.54) is 25.3 Å². The summed E-state index contributed by atoms with van der Waals surface area (Å²) in [5.74, 6) is -3.64. The Labute approximate surface area is 101 Å². The third kappa shape index (κ3) is 2.03. The molecule has 1 amide bonds. The number of benzene rings is 1. The summed E-state index contributed by atoms with van der Waals surface area (Å²) in [6, 6.07) is 2.44. The number of nitrogens with one attached hydrogen (secondary N) is 1. The molecule has 1 fully saturated rings. The van der Waals surface area contributed by atoms with E-state index in [1.54, 1.807) is 0 Å². The van der Waals surface area contributed by atoms with Gasteiger partial charge in [0.25, 0.3) is 0 Å². The minimum Gasteiger partial charge on any atom is -0.507 e. The second-order valence-corrected chi connectivity index (χ2v) is 3.81. The van der Waals surface area contributed by atoms with Gasteiger partial charge >= 0.3 is 12.0 Å². The number of hydrogen-bond acceptors (Lipinski definition) is 4. The van der Waals surface area contributed by atoms with Gasteiger partial charge in [0.1, 0.15) is 17.5 Å². The van der Waals surface area contributed by atoms with Crippen LogP contribution in [0.4, 0.5) is 13.6 Å². The van der Waals surface area contributed by atoms with Crippen LogP contribution in [0.3, 0.4) is 0 Å². The number of rotatable bonds is 2. The van der Waals surface area contributed by atoms with E-state index in [-0.39, 0.29) is 17.1 Å². The minimum absolute atomic E-state index is 0.0712. The maximum atomic E-state index is 13.7. The van der Waals surface area contributed by atoms with Crippen LogP contribution in [0, 0.1) is 0 Å². The van der Waals surface area contributed by atoms with E-state index >= 15 is 0 Å². The molecule has 5 nitrogen and oxygen atoms in total. The largest absolute Gasteiger partial charge is 0.507 e. The molecule has 1 aliphatic heterocycles. The van der Waals surface area contributed by atoms with Crippen LogP contribution in [0.2, 0.25) is 0 Å². The fourth-order valence-electron chi connectivity index (χ4n) is 1.79. The Kier molecular flexibility index (Phi) is 2.98. The predicted octanol–water partition coefficient (Wildman–Crippen LogP) is 1.82. The van der Waals surface area contributed by atoms with Gasteiger partial charge in [-0.2, -0.15) is 0 Å². The highest BCUT2D eigenvalue weighted by atomic mass is 19.3. The zero-order valence-electron chi connectivity index (χ0n) is 9.44. The van der Waals surface area contributed by atoms with E-state index in [9.17, 15) is 18.7 Å². The Hall–Kier alpha value is -2.05. The third-order valence-corrected chi connectivity index (χ3v) is 2.63. The van der Waals surface area contributed by atoms with E-state index in [2.05, 4.69) is 4.74 Å². The molecule has 0 bridgehead atoms. The standard InChI is InChI=1S/C11H11F2NO4/c1-17-7-4-2-3-6(15)8(7)9-11(12,13)5-18-10(16)14-9/h2-4,9,15H,5H2,1H3,(H,14,16)/t9-/m1/s1. The number of halogens is 2. The van der Waals surface area contributed by atoms with Crippen molar-refractivity contribution in [2.45, 2.75) is 12.0 Å². The maximum Gasteiger partial charge on any atom is 0.408 e. The van der Waals surface area contributed by atoms with Crippen LogP contribution in [-0.4, -0.2) is 30.8 Å². The summed E-state index contributed by atoms with van der Waals surface area (Å²) in [4.78, 5) is 11.1. The van der Waals surface area contributed by atoms with Gasteiger partial charge in [-0.1, -0.05) is 6.07 Å². The number of methoxy groups -OCH3 is 1. The first-order valence-electron chi connectivity index (χ1n) is 5.12. The monoisotopic (exact) mass is 259 g/mol. The van der Waals surface area contributed by atoms with Crippen LogP contribution in [-0.2, 0) is 4.74 Å². The molecule has 0 radical (unpaired) electrons. The van der Waals surface area contributed by atoms with Gasteiger partial charge in [-0.15, -0.1) is 0 Å². The topological polar surface area (TPSA) is 67.8 Å². The number of hydrogen-bond donors (Lipinski definition) is 2. The van der Waals surface area contributed by atoms with Crippen molar-refractivity contribution < 1.29 is 28.2 Å². The molecule has 1 atom stereocenters. The third-order valence-electron chi connectivity index (χ3n) is 2.63. The van der Waals surface area contributed by atoms with E-state index in [0.717, 1.165) is 0 Å². The predicted molar refractivity (Wildman–Crippen MR) is 56.8 cm³/mol. The highest BCUT2D eigenvalue weighted by Gasteiger charge is 2.49. The van der Waals surface area contributed by atoms with Gasteiger partial charge < -0.3 is 19.9 Å². The fourth-order valence-corrected chi connectivity index (χ4v) is 1.79. The SMILES string of the molecule is COc1cccc(O)c1[C@H]1NC(=O)OCC1(F)F. The van der Waals surface area contributed by atoms with Gasteiger partial charge in [-0.25, -0.2) is 13.6 Å². The average Bonchev–Trinajstić information content (AvgIpc) is 2.32. The number of carbonyl (C=O) groups excluding carboxylic acids is 1. The Balaban J connectivity index is 2.49. The molecular formula is C11H11F2NO4. The van der Waals surface area contributed by atoms with Crippen LogP contribution in [0.5, 0.6) is 11.5 Å². The molecule has 2 rings (SSSR count). The quantitative estimate of drug-likeness (QED) is 0.850. The van der Waals surface area contributed by atoms with Crippen molar-refractivity contribution in [3.63, 3.8) is 0 Å². The van der Waals surface area contributed by atoms with E-state index in [1.807, 2.05) is 5.32 Å². The number of ether oxygens (including phenoxy) is 2. The summed E-state index contributed by atoms with van der Waals surface area (Å²) in [7, 11) is 1.29. The van der Waals surface area contributed by atoms with Crippen molar-refractivity contribution in [3.05, 3.63) is 23.8 Å². The average molecular weight is 259 g/mol. The molecule has 0 unspecified atom stereocenters. The molecule has 0 aliphatic carbocycles. The van der Waals surface area contributed by atoms with Crippen molar-refractivity contribution in [2.75, 3.05) is 13.7 Å². The summed E-state index contributed by atoms with van der Waals surface area (Å²) < 4.78 is 36.6. The molecular weight excluding hydrogens is 248 g/mol. The normalized spacial score (nSPS) is 21.9. The van der Waals surface area contributed by atoms with Crippen molar-refractivity contribution in [1.82, 2.24) is 5.32 Å². The molecule has 1 saturated heterocycles. The number of alkyl halides is 2. The molecule has 98 valence electrons. The van der Waals surface area contributed by atoms with Gasteiger partial charge in [0.05, 0.1) is 12.7 Å². The molecule has 0 spiro atoms.